The second-order valence-corrected chi connectivity index (χ2v) is 6.05. The van der Waals surface area contributed by atoms with Crippen LogP contribution in [0.5, 0.6) is 11.5 Å². The molecule has 0 atom stereocenters. The van der Waals surface area contributed by atoms with Gasteiger partial charge in [-0.3, -0.25) is 0 Å². The number of piperidine rings is 1. The molecule has 0 aromatic heterocycles. The zero-order valence-electron chi connectivity index (χ0n) is 11.6. The molecule has 1 aliphatic rings. The zero-order chi connectivity index (χ0) is 14.7. The van der Waals surface area contributed by atoms with E-state index >= 15 is 0 Å². The van der Waals surface area contributed by atoms with Gasteiger partial charge in [0.05, 0.1) is 10.0 Å². The number of hydrogen-bond donors (Lipinski definition) is 1. The predicted molar refractivity (Wildman–Crippen MR) is 87.8 cm³/mol. The van der Waals surface area contributed by atoms with Gasteiger partial charge in [0.2, 0.25) is 0 Å². The molecule has 1 fully saturated rings. The summed E-state index contributed by atoms with van der Waals surface area (Å²) in [5, 5.41) is 4.44. The maximum Gasteiger partial charge on any atom is 0.130 e. The molecule has 0 unspecified atom stereocenters. The van der Waals surface area contributed by atoms with Crippen LogP contribution in [0, 0.1) is 0 Å². The third-order valence-corrected chi connectivity index (χ3v) is 4.56. The minimum Gasteiger partial charge on any atom is -0.457 e. The van der Waals surface area contributed by atoms with Crippen LogP contribution in [-0.2, 0) is 0 Å². The van der Waals surface area contributed by atoms with Crippen LogP contribution in [-0.4, -0.2) is 13.1 Å². The molecule has 0 radical (unpaired) electrons. The molecule has 0 bridgehead atoms. The van der Waals surface area contributed by atoms with Crippen molar-refractivity contribution in [3.8, 4) is 11.5 Å². The smallest absolute Gasteiger partial charge is 0.130 e. The second-order valence-electron chi connectivity index (χ2n) is 5.24. The molecular formula is C17H17Cl2NO. The summed E-state index contributed by atoms with van der Waals surface area (Å²) in [6.45, 7) is 2.12. The lowest BCUT2D eigenvalue weighted by atomic mass is 9.89. The summed E-state index contributed by atoms with van der Waals surface area (Å²) in [4.78, 5) is 0. The summed E-state index contributed by atoms with van der Waals surface area (Å²) in [5.74, 6) is 2.17. The monoisotopic (exact) mass is 321 g/mol. The Kier molecular flexibility index (Phi) is 4.69. The highest BCUT2D eigenvalue weighted by molar-refractivity contribution is 6.42. The highest BCUT2D eigenvalue weighted by Gasteiger charge is 2.19. The highest BCUT2D eigenvalue weighted by atomic mass is 35.5. The first-order chi connectivity index (χ1) is 10.2. The number of rotatable bonds is 3. The summed E-state index contributed by atoms with van der Waals surface area (Å²) in [6.07, 6.45) is 2.28. The molecule has 0 aliphatic carbocycles. The molecule has 1 aliphatic heterocycles. The number of hydrogen-bond acceptors (Lipinski definition) is 2. The van der Waals surface area contributed by atoms with E-state index in [1.54, 1.807) is 12.1 Å². The molecule has 4 heteroatoms. The Morgan fingerprint density at radius 3 is 2.48 bits per heavy atom. The SMILES string of the molecule is Clc1ccc(Oc2ccccc2C2CCNCC2)cc1Cl. The van der Waals surface area contributed by atoms with E-state index in [2.05, 4.69) is 17.4 Å². The quantitative estimate of drug-likeness (QED) is 0.833. The van der Waals surface area contributed by atoms with E-state index in [0.717, 1.165) is 31.7 Å². The number of halogens is 2. The van der Waals surface area contributed by atoms with Gasteiger partial charge in [-0.2, -0.15) is 0 Å². The molecule has 2 nitrogen and oxygen atoms in total. The van der Waals surface area contributed by atoms with E-state index < -0.39 is 0 Å². The van der Waals surface area contributed by atoms with E-state index in [-0.39, 0.29) is 0 Å². The van der Waals surface area contributed by atoms with Crippen molar-refractivity contribution in [3.63, 3.8) is 0 Å². The van der Waals surface area contributed by atoms with Gasteiger partial charge in [-0.1, -0.05) is 41.4 Å². The summed E-state index contributed by atoms with van der Waals surface area (Å²) in [5.41, 5.74) is 1.27. The van der Waals surface area contributed by atoms with Crippen molar-refractivity contribution >= 4 is 23.2 Å². The number of para-hydroxylation sites is 1. The number of benzene rings is 2. The Bertz CT molecular complexity index is 624. The average molecular weight is 322 g/mol. The lowest BCUT2D eigenvalue weighted by molar-refractivity contribution is 0.430. The Morgan fingerprint density at radius 2 is 1.71 bits per heavy atom. The van der Waals surface area contributed by atoms with Gasteiger partial charge in [0.1, 0.15) is 11.5 Å². The third-order valence-electron chi connectivity index (χ3n) is 3.82. The molecule has 3 rings (SSSR count). The molecular weight excluding hydrogens is 305 g/mol. The number of ether oxygens (including phenoxy) is 1. The van der Waals surface area contributed by atoms with Gasteiger partial charge < -0.3 is 10.1 Å². The Balaban J connectivity index is 1.86. The summed E-state index contributed by atoms with van der Waals surface area (Å²) < 4.78 is 6.04. The Morgan fingerprint density at radius 1 is 0.952 bits per heavy atom. The van der Waals surface area contributed by atoms with Crippen molar-refractivity contribution in [3.05, 3.63) is 58.1 Å². The molecule has 110 valence electrons. The van der Waals surface area contributed by atoms with Gasteiger partial charge >= 0.3 is 0 Å². The Hall–Kier alpha value is -1.22. The highest BCUT2D eigenvalue weighted by Crippen LogP contribution is 2.36. The van der Waals surface area contributed by atoms with Gasteiger partial charge in [-0.15, -0.1) is 0 Å². The molecule has 1 N–H and O–H groups in total. The van der Waals surface area contributed by atoms with Gasteiger partial charge in [-0.25, -0.2) is 0 Å². The normalized spacial score (nSPS) is 15.9. The minimum absolute atomic E-state index is 0.508. The molecule has 1 heterocycles. The summed E-state index contributed by atoms with van der Waals surface area (Å²) in [7, 11) is 0. The van der Waals surface area contributed by atoms with E-state index in [1.165, 1.54) is 5.56 Å². The fourth-order valence-corrected chi connectivity index (χ4v) is 3.00. The predicted octanol–water partition coefficient (Wildman–Crippen LogP) is 5.25. The summed E-state index contributed by atoms with van der Waals surface area (Å²) >= 11 is 12.0. The van der Waals surface area contributed by atoms with Crippen LogP contribution in [0.25, 0.3) is 0 Å². The lowest BCUT2D eigenvalue weighted by Gasteiger charge is -2.24. The van der Waals surface area contributed by atoms with Crippen LogP contribution in [0.2, 0.25) is 10.0 Å². The third kappa shape index (κ3) is 3.52. The molecule has 0 spiro atoms. The maximum absolute atomic E-state index is 6.05. The van der Waals surface area contributed by atoms with E-state index in [4.69, 9.17) is 27.9 Å². The molecule has 1 saturated heterocycles. The Labute approximate surface area is 135 Å². The fourth-order valence-electron chi connectivity index (χ4n) is 2.71. The molecule has 21 heavy (non-hydrogen) atoms. The van der Waals surface area contributed by atoms with Gasteiger partial charge in [0, 0.05) is 6.07 Å². The fraction of sp³-hybridized carbons (Fsp3) is 0.294. The zero-order valence-corrected chi connectivity index (χ0v) is 13.1. The topological polar surface area (TPSA) is 21.3 Å². The second kappa shape index (κ2) is 6.69. The van der Waals surface area contributed by atoms with Gasteiger partial charge in [-0.05, 0) is 55.6 Å². The summed E-state index contributed by atoms with van der Waals surface area (Å²) in [6, 6.07) is 13.6. The maximum atomic E-state index is 6.05. The standard InChI is InChI=1S/C17H17Cl2NO/c18-15-6-5-13(11-16(15)19)21-17-4-2-1-3-14(17)12-7-9-20-10-8-12/h1-6,11-12,20H,7-10H2. The van der Waals surface area contributed by atoms with E-state index in [9.17, 15) is 0 Å². The first-order valence-electron chi connectivity index (χ1n) is 7.16. The van der Waals surface area contributed by atoms with Gasteiger partial charge in [0.15, 0.2) is 0 Å². The van der Waals surface area contributed by atoms with Crippen molar-refractivity contribution in [2.24, 2.45) is 0 Å². The largest absolute Gasteiger partial charge is 0.457 e. The van der Waals surface area contributed by atoms with Crippen molar-refractivity contribution in [1.29, 1.82) is 0 Å². The van der Waals surface area contributed by atoms with Gasteiger partial charge in [0.25, 0.3) is 0 Å². The van der Waals surface area contributed by atoms with Crippen LogP contribution in [0.15, 0.2) is 42.5 Å². The van der Waals surface area contributed by atoms with Crippen molar-refractivity contribution < 1.29 is 4.74 Å². The lowest BCUT2D eigenvalue weighted by Crippen LogP contribution is -2.26. The first-order valence-corrected chi connectivity index (χ1v) is 7.92. The van der Waals surface area contributed by atoms with Crippen LogP contribution in [0.3, 0.4) is 0 Å². The van der Waals surface area contributed by atoms with Crippen LogP contribution < -0.4 is 10.1 Å². The molecule has 2 aromatic rings. The number of nitrogens with one attached hydrogen (secondary N) is 1. The van der Waals surface area contributed by atoms with Crippen LogP contribution in [0.4, 0.5) is 0 Å². The molecule has 0 amide bonds. The van der Waals surface area contributed by atoms with Crippen LogP contribution in [0.1, 0.15) is 24.3 Å². The first kappa shape index (κ1) is 14.7. The van der Waals surface area contributed by atoms with Crippen molar-refractivity contribution in [2.75, 3.05) is 13.1 Å². The van der Waals surface area contributed by atoms with Crippen LogP contribution >= 0.6 is 23.2 Å². The van der Waals surface area contributed by atoms with Crippen molar-refractivity contribution in [2.45, 2.75) is 18.8 Å². The van der Waals surface area contributed by atoms with E-state index in [1.807, 2.05) is 18.2 Å². The average Bonchev–Trinajstić information content (AvgIpc) is 2.52. The van der Waals surface area contributed by atoms with Crippen molar-refractivity contribution in [1.82, 2.24) is 5.32 Å². The van der Waals surface area contributed by atoms with E-state index in [0.29, 0.717) is 21.7 Å². The molecule has 0 saturated carbocycles. The minimum atomic E-state index is 0.508. The molecule has 2 aromatic carbocycles.